The first-order valence-corrected chi connectivity index (χ1v) is 10.8. The molecule has 1 rings (SSSR count). The Morgan fingerprint density at radius 1 is 0.926 bits per heavy atom. The van der Waals surface area contributed by atoms with Gasteiger partial charge < -0.3 is 10.1 Å². The standard InChI is InChI=1S/C24H39NO2/c1-4-5-6-7-8-9-10-11-12-13-14-19-24(26)25-22-17-15-16-18-23(22)27-20-21(2)3/h15-18H,2,4-14,19-20H2,1,3H3,(H,25,26). The zero-order valence-electron chi connectivity index (χ0n) is 17.5. The van der Waals surface area contributed by atoms with Crippen LogP contribution in [0.1, 0.15) is 90.9 Å². The molecule has 1 amide bonds. The molecule has 0 spiro atoms. The van der Waals surface area contributed by atoms with Gasteiger partial charge in [-0.1, -0.05) is 89.8 Å². The van der Waals surface area contributed by atoms with E-state index in [0.29, 0.717) is 18.8 Å². The lowest BCUT2D eigenvalue weighted by molar-refractivity contribution is -0.116. The van der Waals surface area contributed by atoms with E-state index in [2.05, 4.69) is 18.8 Å². The van der Waals surface area contributed by atoms with E-state index in [9.17, 15) is 4.79 Å². The number of rotatable bonds is 16. The summed E-state index contributed by atoms with van der Waals surface area (Å²) >= 11 is 0. The minimum Gasteiger partial charge on any atom is -0.487 e. The van der Waals surface area contributed by atoms with Crippen LogP contribution in [0.15, 0.2) is 36.4 Å². The van der Waals surface area contributed by atoms with Gasteiger partial charge in [-0.15, -0.1) is 0 Å². The van der Waals surface area contributed by atoms with Gasteiger partial charge in [-0.2, -0.15) is 0 Å². The molecule has 0 aromatic heterocycles. The molecular weight excluding hydrogens is 334 g/mol. The first-order chi connectivity index (χ1) is 13.1. The molecule has 27 heavy (non-hydrogen) atoms. The minimum atomic E-state index is 0.0669. The van der Waals surface area contributed by atoms with E-state index in [0.717, 1.165) is 24.1 Å². The summed E-state index contributed by atoms with van der Waals surface area (Å²) in [6.45, 7) is 8.49. The van der Waals surface area contributed by atoms with Crippen LogP contribution in [-0.4, -0.2) is 12.5 Å². The largest absolute Gasteiger partial charge is 0.487 e. The monoisotopic (exact) mass is 373 g/mol. The number of para-hydroxylation sites is 2. The number of anilines is 1. The third-order valence-corrected chi connectivity index (χ3v) is 4.64. The van der Waals surface area contributed by atoms with Crippen LogP contribution < -0.4 is 10.1 Å². The van der Waals surface area contributed by atoms with Gasteiger partial charge in [0.25, 0.3) is 0 Å². The highest BCUT2D eigenvalue weighted by atomic mass is 16.5. The number of amides is 1. The first kappa shape index (κ1) is 23.3. The lowest BCUT2D eigenvalue weighted by Crippen LogP contribution is -2.12. The molecule has 1 aromatic rings. The summed E-state index contributed by atoms with van der Waals surface area (Å²) in [5, 5.41) is 2.98. The molecule has 0 radical (unpaired) electrons. The fourth-order valence-electron chi connectivity index (χ4n) is 3.06. The number of benzene rings is 1. The molecule has 3 nitrogen and oxygen atoms in total. The Labute approximate surface area is 166 Å². The SMILES string of the molecule is C=C(C)COc1ccccc1NC(=O)CCCCCCCCCCCCC. The maximum Gasteiger partial charge on any atom is 0.224 e. The predicted octanol–water partition coefficient (Wildman–Crippen LogP) is 7.28. The van der Waals surface area contributed by atoms with Crippen LogP contribution in [0.25, 0.3) is 0 Å². The second kappa shape index (κ2) is 15.3. The summed E-state index contributed by atoms with van der Waals surface area (Å²) in [5.74, 6) is 0.769. The van der Waals surface area contributed by atoms with Crippen molar-refractivity contribution in [2.75, 3.05) is 11.9 Å². The molecule has 0 unspecified atom stereocenters. The maximum absolute atomic E-state index is 12.2. The van der Waals surface area contributed by atoms with Crippen LogP contribution in [0.3, 0.4) is 0 Å². The van der Waals surface area contributed by atoms with E-state index in [4.69, 9.17) is 4.74 Å². The molecule has 1 N–H and O–H groups in total. The molecule has 0 aliphatic heterocycles. The third kappa shape index (κ3) is 12.3. The van der Waals surface area contributed by atoms with Gasteiger partial charge in [0.15, 0.2) is 0 Å². The predicted molar refractivity (Wildman–Crippen MR) is 116 cm³/mol. The molecule has 0 aliphatic carbocycles. The number of carbonyl (C=O) groups excluding carboxylic acids is 1. The van der Waals surface area contributed by atoms with Crippen molar-refractivity contribution in [2.45, 2.75) is 90.9 Å². The van der Waals surface area contributed by atoms with Crippen molar-refractivity contribution >= 4 is 11.6 Å². The highest BCUT2D eigenvalue weighted by molar-refractivity contribution is 5.92. The number of nitrogens with one attached hydrogen (secondary N) is 1. The van der Waals surface area contributed by atoms with Gasteiger partial charge >= 0.3 is 0 Å². The Balaban J connectivity index is 2.10. The van der Waals surface area contributed by atoms with Crippen molar-refractivity contribution in [3.8, 4) is 5.75 Å². The van der Waals surface area contributed by atoms with Crippen molar-refractivity contribution in [1.82, 2.24) is 0 Å². The molecule has 0 heterocycles. The molecule has 0 atom stereocenters. The first-order valence-electron chi connectivity index (χ1n) is 10.8. The number of carbonyl (C=O) groups is 1. The van der Waals surface area contributed by atoms with Crippen LogP contribution in [-0.2, 0) is 4.79 Å². The van der Waals surface area contributed by atoms with Crippen LogP contribution in [0, 0.1) is 0 Å². The number of hydrogen-bond donors (Lipinski definition) is 1. The number of unbranched alkanes of at least 4 members (excludes halogenated alkanes) is 10. The van der Waals surface area contributed by atoms with Gasteiger partial charge in [-0.25, -0.2) is 0 Å². The summed E-state index contributed by atoms with van der Waals surface area (Å²) in [5.41, 5.74) is 1.70. The Morgan fingerprint density at radius 3 is 2.07 bits per heavy atom. The average molecular weight is 374 g/mol. The van der Waals surface area contributed by atoms with Crippen molar-refractivity contribution in [2.24, 2.45) is 0 Å². The lowest BCUT2D eigenvalue weighted by Gasteiger charge is -2.12. The molecule has 3 heteroatoms. The fourth-order valence-corrected chi connectivity index (χ4v) is 3.06. The molecule has 0 bridgehead atoms. The molecule has 0 saturated heterocycles. The second-order valence-corrected chi connectivity index (χ2v) is 7.58. The van der Waals surface area contributed by atoms with E-state index in [-0.39, 0.29) is 5.91 Å². The number of ether oxygens (including phenoxy) is 1. The highest BCUT2D eigenvalue weighted by Gasteiger charge is 2.07. The van der Waals surface area contributed by atoms with Gasteiger partial charge in [-0.05, 0) is 31.1 Å². The van der Waals surface area contributed by atoms with Gasteiger partial charge in [0.1, 0.15) is 12.4 Å². The van der Waals surface area contributed by atoms with Crippen molar-refractivity contribution in [3.05, 3.63) is 36.4 Å². The Bertz CT molecular complexity index is 539. The number of hydrogen-bond acceptors (Lipinski definition) is 2. The van der Waals surface area contributed by atoms with Gasteiger partial charge in [0.05, 0.1) is 5.69 Å². The summed E-state index contributed by atoms with van der Waals surface area (Å²) in [6, 6.07) is 7.58. The quantitative estimate of drug-likeness (QED) is 0.244. The Kier molecular flexibility index (Phi) is 13.2. The smallest absolute Gasteiger partial charge is 0.224 e. The topological polar surface area (TPSA) is 38.3 Å². The summed E-state index contributed by atoms with van der Waals surface area (Å²) in [4.78, 5) is 12.2. The Morgan fingerprint density at radius 2 is 1.48 bits per heavy atom. The van der Waals surface area contributed by atoms with Crippen LogP contribution in [0.2, 0.25) is 0 Å². The summed E-state index contributed by atoms with van der Waals surface area (Å²) < 4.78 is 5.70. The minimum absolute atomic E-state index is 0.0669. The normalized spacial score (nSPS) is 10.6. The van der Waals surface area contributed by atoms with Gasteiger partial charge in [-0.3, -0.25) is 4.79 Å². The van der Waals surface area contributed by atoms with Gasteiger partial charge in [0, 0.05) is 6.42 Å². The molecule has 0 fully saturated rings. The summed E-state index contributed by atoms with van der Waals surface area (Å²) in [6.07, 6.45) is 14.8. The molecule has 0 saturated carbocycles. The summed E-state index contributed by atoms with van der Waals surface area (Å²) in [7, 11) is 0. The molecular formula is C24H39NO2. The third-order valence-electron chi connectivity index (χ3n) is 4.64. The lowest BCUT2D eigenvalue weighted by atomic mass is 10.1. The van der Waals surface area contributed by atoms with E-state index in [1.54, 1.807) is 0 Å². The van der Waals surface area contributed by atoms with Crippen molar-refractivity contribution < 1.29 is 9.53 Å². The van der Waals surface area contributed by atoms with E-state index in [1.165, 1.54) is 57.8 Å². The van der Waals surface area contributed by atoms with Crippen LogP contribution in [0.4, 0.5) is 5.69 Å². The molecule has 0 aliphatic rings. The maximum atomic E-state index is 12.2. The van der Waals surface area contributed by atoms with E-state index < -0.39 is 0 Å². The highest BCUT2D eigenvalue weighted by Crippen LogP contribution is 2.24. The van der Waals surface area contributed by atoms with Crippen molar-refractivity contribution in [1.29, 1.82) is 0 Å². The van der Waals surface area contributed by atoms with Crippen LogP contribution in [0.5, 0.6) is 5.75 Å². The van der Waals surface area contributed by atoms with Crippen LogP contribution >= 0.6 is 0 Å². The van der Waals surface area contributed by atoms with E-state index >= 15 is 0 Å². The van der Waals surface area contributed by atoms with Crippen molar-refractivity contribution in [3.63, 3.8) is 0 Å². The fraction of sp³-hybridized carbons (Fsp3) is 0.625. The van der Waals surface area contributed by atoms with Gasteiger partial charge in [0.2, 0.25) is 5.91 Å². The average Bonchev–Trinajstić information content (AvgIpc) is 2.65. The molecule has 1 aromatic carbocycles. The second-order valence-electron chi connectivity index (χ2n) is 7.58. The Hall–Kier alpha value is -1.77. The van der Waals surface area contributed by atoms with E-state index in [1.807, 2.05) is 31.2 Å². The molecule has 152 valence electrons. The zero-order valence-corrected chi connectivity index (χ0v) is 17.5. The zero-order chi connectivity index (χ0) is 19.7.